The van der Waals surface area contributed by atoms with Crippen LogP contribution >= 0.6 is 7.82 Å². The SMILES string of the molecule is O=C(Nc1ccn(Cc2ccc(OP(=O)(O)O)cc2C(F)(F)F)n1)c1c(F)cccc1F.[H-].[H-].[Na+].[Na+]. The van der Waals surface area contributed by atoms with Gasteiger partial charge in [-0.2, -0.15) is 18.3 Å². The van der Waals surface area contributed by atoms with Gasteiger partial charge in [-0.25, -0.2) is 13.3 Å². The van der Waals surface area contributed by atoms with E-state index in [2.05, 4.69) is 14.9 Å². The molecule has 0 saturated carbocycles. The molecule has 0 unspecified atom stereocenters. The number of aromatic nitrogens is 2. The number of benzene rings is 2. The van der Waals surface area contributed by atoms with Crippen LogP contribution in [0.5, 0.6) is 5.75 Å². The predicted molar refractivity (Wildman–Crippen MR) is 102 cm³/mol. The molecule has 16 heteroatoms. The molecular weight excluding hydrogens is 510 g/mol. The standard InChI is InChI=1S/C18H13F5N3O5P.2Na.2H/c19-13-2-1-3-14(20)16(13)17(27)24-15-6-7-26(25-15)9-10-4-5-11(31-32(28,29)30)8-12(10)18(21,22)23;;;;/h1-8H,9H2,(H,24,25,27)(H2,28,29,30);;;;/q;2*+1;2*-1. The van der Waals surface area contributed by atoms with Crippen molar-refractivity contribution in [2.45, 2.75) is 12.7 Å². The maximum absolute atomic E-state index is 13.7. The molecule has 0 aliphatic rings. The normalized spacial score (nSPS) is 11.3. The zero-order valence-electron chi connectivity index (χ0n) is 19.7. The zero-order valence-corrected chi connectivity index (χ0v) is 22.6. The molecule has 1 heterocycles. The Morgan fingerprint density at radius 3 is 2.29 bits per heavy atom. The van der Waals surface area contributed by atoms with Crippen LogP contribution in [0.25, 0.3) is 0 Å². The van der Waals surface area contributed by atoms with Crippen LogP contribution in [0, 0.1) is 11.6 Å². The second-order valence-electron chi connectivity index (χ2n) is 6.35. The topological polar surface area (TPSA) is 114 Å². The Bertz CT molecular complexity index is 1210. The molecule has 0 spiro atoms. The minimum atomic E-state index is -5.06. The van der Waals surface area contributed by atoms with Gasteiger partial charge in [-0.1, -0.05) is 12.1 Å². The van der Waals surface area contributed by atoms with Crippen LogP contribution in [0.4, 0.5) is 27.8 Å². The van der Waals surface area contributed by atoms with Gasteiger partial charge in [0.25, 0.3) is 5.91 Å². The molecule has 3 N–H and O–H groups in total. The number of phosphoric acid groups is 1. The molecule has 0 aliphatic carbocycles. The minimum Gasteiger partial charge on any atom is -1.00 e. The van der Waals surface area contributed by atoms with Crippen LogP contribution in [-0.2, 0) is 17.3 Å². The Morgan fingerprint density at radius 2 is 1.74 bits per heavy atom. The summed E-state index contributed by atoms with van der Waals surface area (Å²) in [5.74, 6) is -4.20. The number of rotatable bonds is 6. The van der Waals surface area contributed by atoms with Gasteiger partial charge in [-0.3, -0.25) is 19.3 Å². The van der Waals surface area contributed by atoms with Crippen molar-refractivity contribution in [3.05, 3.63) is 77.0 Å². The molecule has 3 rings (SSSR count). The summed E-state index contributed by atoms with van der Waals surface area (Å²) in [4.78, 5) is 29.6. The van der Waals surface area contributed by atoms with Crippen molar-refractivity contribution in [3.63, 3.8) is 0 Å². The molecule has 0 radical (unpaired) electrons. The quantitative estimate of drug-likeness (QED) is 0.199. The summed E-state index contributed by atoms with van der Waals surface area (Å²) in [7, 11) is -5.06. The van der Waals surface area contributed by atoms with Crippen molar-refractivity contribution in [2.24, 2.45) is 0 Å². The molecule has 2 aromatic carbocycles. The van der Waals surface area contributed by atoms with Gasteiger partial charge in [-0.05, 0) is 29.8 Å². The van der Waals surface area contributed by atoms with Crippen LogP contribution in [0.1, 0.15) is 24.3 Å². The summed E-state index contributed by atoms with van der Waals surface area (Å²) in [6.45, 7) is -0.449. The van der Waals surface area contributed by atoms with Crippen LogP contribution in [0.2, 0.25) is 0 Å². The summed E-state index contributed by atoms with van der Waals surface area (Å²) >= 11 is 0. The Kier molecular flexibility index (Phi) is 11.0. The number of carbonyl (C=O) groups excluding carboxylic acids is 1. The number of phosphoric ester groups is 1. The molecule has 3 aromatic rings. The molecule has 8 nitrogen and oxygen atoms in total. The number of nitrogens with zero attached hydrogens (tertiary/aromatic N) is 2. The molecule has 1 aromatic heterocycles. The smallest absolute Gasteiger partial charge is 1.00 e. The van der Waals surface area contributed by atoms with Gasteiger partial charge in [0, 0.05) is 12.3 Å². The van der Waals surface area contributed by atoms with Crippen LogP contribution in [-0.4, -0.2) is 25.5 Å². The molecule has 0 aliphatic heterocycles. The zero-order chi connectivity index (χ0) is 23.7. The van der Waals surface area contributed by atoms with E-state index in [1.807, 2.05) is 0 Å². The summed E-state index contributed by atoms with van der Waals surface area (Å²) in [6.07, 6.45) is -3.66. The van der Waals surface area contributed by atoms with Crippen molar-refractivity contribution in [2.75, 3.05) is 5.32 Å². The third-order valence-electron chi connectivity index (χ3n) is 4.02. The first-order valence-electron chi connectivity index (χ1n) is 8.57. The van der Waals surface area contributed by atoms with Gasteiger partial charge in [0.15, 0.2) is 5.82 Å². The van der Waals surface area contributed by atoms with Crippen molar-refractivity contribution < 1.29 is 108 Å². The first-order chi connectivity index (χ1) is 14.8. The Morgan fingerprint density at radius 1 is 1.12 bits per heavy atom. The van der Waals surface area contributed by atoms with Gasteiger partial charge in [0.2, 0.25) is 0 Å². The Labute approximate surface area is 236 Å². The van der Waals surface area contributed by atoms with E-state index < -0.39 is 55.0 Å². The third kappa shape index (κ3) is 8.14. The molecule has 0 saturated heterocycles. The maximum atomic E-state index is 13.7. The van der Waals surface area contributed by atoms with Crippen LogP contribution in [0.3, 0.4) is 0 Å². The van der Waals surface area contributed by atoms with Crippen molar-refractivity contribution in [3.8, 4) is 5.75 Å². The van der Waals surface area contributed by atoms with Gasteiger partial charge < -0.3 is 12.7 Å². The number of amides is 1. The number of anilines is 1. The van der Waals surface area contributed by atoms with Gasteiger partial charge in [0.05, 0.1) is 12.1 Å². The maximum Gasteiger partial charge on any atom is 1.00 e. The van der Waals surface area contributed by atoms with E-state index in [1.165, 1.54) is 12.3 Å². The number of alkyl halides is 3. The van der Waals surface area contributed by atoms with Gasteiger partial charge >= 0.3 is 73.1 Å². The fraction of sp³-hybridized carbons (Fsp3) is 0.111. The largest absolute Gasteiger partial charge is 1.00 e. The summed E-state index contributed by atoms with van der Waals surface area (Å²) in [6, 6.07) is 6.37. The van der Waals surface area contributed by atoms with E-state index in [9.17, 15) is 31.3 Å². The number of hydrogen-bond acceptors (Lipinski definition) is 4. The van der Waals surface area contributed by atoms with E-state index in [0.29, 0.717) is 6.07 Å². The number of hydrogen-bond donors (Lipinski definition) is 3. The monoisotopic (exact) mass is 525 g/mol. The average Bonchev–Trinajstić information content (AvgIpc) is 3.07. The van der Waals surface area contributed by atoms with Crippen molar-refractivity contribution in [1.82, 2.24) is 9.78 Å². The first-order valence-corrected chi connectivity index (χ1v) is 10.1. The van der Waals surface area contributed by atoms with Crippen molar-refractivity contribution >= 4 is 19.5 Å². The summed E-state index contributed by atoms with van der Waals surface area (Å²) in [5, 5.41) is 6.00. The summed E-state index contributed by atoms with van der Waals surface area (Å²) < 4.78 is 83.7. The fourth-order valence-corrected chi connectivity index (χ4v) is 3.12. The second-order valence-corrected chi connectivity index (χ2v) is 7.51. The Hall–Kier alpha value is -1.28. The molecule has 0 fully saturated rings. The van der Waals surface area contributed by atoms with E-state index >= 15 is 0 Å². The fourth-order valence-electron chi connectivity index (χ4n) is 2.74. The van der Waals surface area contributed by atoms with Crippen molar-refractivity contribution in [1.29, 1.82) is 0 Å². The molecule has 1 amide bonds. The third-order valence-corrected chi connectivity index (χ3v) is 4.46. The van der Waals surface area contributed by atoms with E-state index in [4.69, 9.17) is 9.79 Å². The van der Waals surface area contributed by atoms with E-state index in [0.717, 1.165) is 35.0 Å². The number of nitrogens with one attached hydrogen (secondary N) is 1. The second kappa shape index (κ2) is 12.1. The molecule has 0 atom stereocenters. The Balaban J connectivity index is 0. The van der Waals surface area contributed by atoms with Crippen LogP contribution < -0.4 is 69.0 Å². The van der Waals surface area contributed by atoms with Gasteiger partial charge in [0.1, 0.15) is 22.9 Å². The first kappa shape index (κ1) is 30.8. The van der Waals surface area contributed by atoms with E-state index in [-0.39, 0.29) is 73.3 Å². The minimum absolute atomic E-state index is 0. The average molecular weight is 525 g/mol. The van der Waals surface area contributed by atoms with Gasteiger partial charge in [-0.15, -0.1) is 0 Å². The van der Waals surface area contributed by atoms with E-state index in [1.54, 1.807) is 0 Å². The molecular formula is C18H15F5N3Na2O5P. The molecule has 174 valence electrons. The molecule has 0 bridgehead atoms. The molecule has 34 heavy (non-hydrogen) atoms. The summed E-state index contributed by atoms with van der Waals surface area (Å²) in [5.41, 5.74) is -2.39. The number of halogens is 5. The predicted octanol–water partition coefficient (Wildman–Crippen LogP) is -1.81. The van der Waals surface area contributed by atoms with Crippen LogP contribution in [0.15, 0.2) is 48.7 Å². The number of carbonyl (C=O) groups is 1.